The van der Waals surface area contributed by atoms with Gasteiger partial charge < -0.3 is 10.0 Å². The van der Waals surface area contributed by atoms with Gasteiger partial charge in [-0.3, -0.25) is 4.79 Å². The smallest absolute Gasteiger partial charge is 0.391 e. The maximum atomic E-state index is 13.3. The molecule has 0 aromatic heterocycles. The summed E-state index contributed by atoms with van der Waals surface area (Å²) in [4.78, 5) is 13.1. The molecule has 1 N–H and O–H groups in total. The van der Waals surface area contributed by atoms with E-state index in [9.17, 15) is 27.5 Å². The number of rotatable bonds is 4. The first-order valence-electron chi connectivity index (χ1n) is 6.50. The summed E-state index contributed by atoms with van der Waals surface area (Å²) in [6.45, 7) is 0.0152. The summed E-state index contributed by atoms with van der Waals surface area (Å²) in [6.07, 6.45) is -3.67. The minimum atomic E-state index is -4.72. The first-order chi connectivity index (χ1) is 9.68. The normalized spacial score (nSPS) is 16.7. The highest BCUT2D eigenvalue weighted by Gasteiger charge is 2.33. The molecule has 1 fully saturated rings. The van der Waals surface area contributed by atoms with Gasteiger partial charge in [-0.25, -0.2) is 4.39 Å². The summed E-state index contributed by atoms with van der Waals surface area (Å²) >= 11 is 0. The summed E-state index contributed by atoms with van der Waals surface area (Å²) in [5, 5.41) is 9.75. The second-order valence-electron chi connectivity index (χ2n) is 5.32. The fraction of sp³-hybridized carbons (Fsp3) is 0.500. The van der Waals surface area contributed by atoms with Crippen LogP contribution in [0, 0.1) is 11.7 Å². The quantitative estimate of drug-likeness (QED) is 0.869. The van der Waals surface area contributed by atoms with Crippen LogP contribution in [0.1, 0.15) is 28.8 Å². The van der Waals surface area contributed by atoms with Crippen molar-refractivity contribution in [2.45, 2.75) is 25.1 Å². The van der Waals surface area contributed by atoms with Gasteiger partial charge in [-0.15, -0.1) is 0 Å². The zero-order chi connectivity index (χ0) is 15.8. The maximum absolute atomic E-state index is 13.3. The minimum Gasteiger partial charge on any atom is -0.391 e. The van der Waals surface area contributed by atoms with Crippen molar-refractivity contribution in [1.82, 2.24) is 4.90 Å². The molecule has 1 aliphatic carbocycles. The van der Waals surface area contributed by atoms with Crippen LogP contribution in [0.25, 0.3) is 0 Å². The van der Waals surface area contributed by atoms with E-state index in [1.807, 2.05) is 0 Å². The average molecular weight is 305 g/mol. The SMILES string of the molecule is CN(CC(O)C1CC1)C(=O)c1cc(F)cc(C(F)(F)F)c1. The van der Waals surface area contributed by atoms with Crippen LogP contribution in [0.15, 0.2) is 18.2 Å². The predicted molar refractivity (Wildman–Crippen MR) is 67.1 cm³/mol. The van der Waals surface area contributed by atoms with Crippen LogP contribution in [0.3, 0.4) is 0 Å². The van der Waals surface area contributed by atoms with Crippen LogP contribution in [0.2, 0.25) is 0 Å². The Kier molecular flexibility index (Phi) is 4.22. The highest BCUT2D eigenvalue weighted by atomic mass is 19.4. The molecule has 21 heavy (non-hydrogen) atoms. The van der Waals surface area contributed by atoms with Gasteiger partial charge in [0, 0.05) is 19.2 Å². The van der Waals surface area contributed by atoms with E-state index < -0.39 is 29.6 Å². The van der Waals surface area contributed by atoms with E-state index in [4.69, 9.17) is 0 Å². The third-order valence-electron chi connectivity index (χ3n) is 3.45. The minimum absolute atomic E-state index is 0.0152. The van der Waals surface area contributed by atoms with Crippen LogP contribution < -0.4 is 0 Å². The molecule has 1 aromatic carbocycles. The largest absolute Gasteiger partial charge is 0.416 e. The van der Waals surface area contributed by atoms with E-state index in [2.05, 4.69) is 0 Å². The fourth-order valence-corrected chi connectivity index (χ4v) is 2.09. The number of carbonyl (C=O) groups excluding carboxylic acids is 1. The maximum Gasteiger partial charge on any atom is 0.416 e. The molecule has 1 aliphatic rings. The molecule has 0 bridgehead atoms. The number of hydrogen-bond donors (Lipinski definition) is 1. The molecule has 2 rings (SSSR count). The molecule has 0 heterocycles. The van der Waals surface area contributed by atoms with Crippen molar-refractivity contribution in [3.05, 3.63) is 35.1 Å². The molecular weight excluding hydrogens is 290 g/mol. The van der Waals surface area contributed by atoms with Crippen molar-refractivity contribution in [1.29, 1.82) is 0 Å². The van der Waals surface area contributed by atoms with Gasteiger partial charge in [-0.2, -0.15) is 13.2 Å². The Bertz CT molecular complexity index is 540. The molecule has 0 saturated heterocycles. The molecule has 116 valence electrons. The molecule has 0 aliphatic heterocycles. The second kappa shape index (κ2) is 5.63. The Hall–Kier alpha value is -1.63. The van der Waals surface area contributed by atoms with Crippen LogP contribution >= 0.6 is 0 Å². The lowest BCUT2D eigenvalue weighted by atomic mass is 10.1. The number of alkyl halides is 3. The highest BCUT2D eigenvalue weighted by Crippen LogP contribution is 2.33. The molecule has 1 amide bonds. The summed E-state index contributed by atoms with van der Waals surface area (Å²) in [6, 6.07) is 1.72. The van der Waals surface area contributed by atoms with Crippen molar-refractivity contribution in [2.75, 3.05) is 13.6 Å². The summed E-state index contributed by atoms with van der Waals surface area (Å²) < 4.78 is 51.1. The molecule has 0 spiro atoms. The monoisotopic (exact) mass is 305 g/mol. The highest BCUT2D eigenvalue weighted by molar-refractivity contribution is 5.94. The number of hydrogen-bond acceptors (Lipinski definition) is 2. The first kappa shape index (κ1) is 15.8. The summed E-state index contributed by atoms with van der Waals surface area (Å²) in [5.74, 6) is -1.73. The van der Waals surface area contributed by atoms with Gasteiger partial charge in [0.25, 0.3) is 5.91 Å². The molecular formula is C14H15F4NO2. The number of benzene rings is 1. The Balaban J connectivity index is 2.16. The van der Waals surface area contributed by atoms with E-state index in [0.717, 1.165) is 23.8 Å². The number of likely N-dealkylation sites (N-methyl/N-ethyl adjacent to an activating group) is 1. The van der Waals surface area contributed by atoms with E-state index in [1.165, 1.54) is 7.05 Å². The molecule has 7 heteroatoms. The van der Waals surface area contributed by atoms with E-state index in [-0.39, 0.29) is 18.0 Å². The number of amides is 1. The Morgan fingerprint density at radius 3 is 2.52 bits per heavy atom. The molecule has 1 saturated carbocycles. The predicted octanol–water partition coefficient (Wildman–Crippen LogP) is 2.69. The lowest BCUT2D eigenvalue weighted by Crippen LogP contribution is -2.35. The first-order valence-corrected chi connectivity index (χ1v) is 6.50. The number of nitrogens with zero attached hydrogens (tertiary/aromatic N) is 1. The summed E-state index contributed by atoms with van der Waals surface area (Å²) in [5.41, 5.74) is -1.59. The van der Waals surface area contributed by atoms with Crippen molar-refractivity contribution < 1.29 is 27.5 Å². The molecule has 3 nitrogen and oxygen atoms in total. The van der Waals surface area contributed by atoms with Gasteiger partial charge in [0.1, 0.15) is 5.82 Å². The van der Waals surface area contributed by atoms with Crippen LogP contribution in [0.4, 0.5) is 17.6 Å². The number of carbonyl (C=O) groups is 1. The van der Waals surface area contributed by atoms with Gasteiger partial charge in [0.15, 0.2) is 0 Å². The van der Waals surface area contributed by atoms with Crippen LogP contribution in [-0.2, 0) is 6.18 Å². The van der Waals surface area contributed by atoms with Gasteiger partial charge in [0.2, 0.25) is 0 Å². The van der Waals surface area contributed by atoms with Crippen LogP contribution in [0.5, 0.6) is 0 Å². The molecule has 1 unspecified atom stereocenters. The van der Waals surface area contributed by atoms with Crippen molar-refractivity contribution in [3.8, 4) is 0 Å². The van der Waals surface area contributed by atoms with Gasteiger partial charge >= 0.3 is 6.18 Å². The standard InChI is InChI=1S/C14H15F4NO2/c1-19(7-12(20)8-2-3-8)13(21)9-4-10(14(16,17)18)6-11(15)5-9/h4-6,8,12,20H,2-3,7H2,1H3. The van der Waals surface area contributed by atoms with Crippen molar-refractivity contribution in [3.63, 3.8) is 0 Å². The zero-order valence-corrected chi connectivity index (χ0v) is 11.3. The Morgan fingerprint density at radius 2 is 2.00 bits per heavy atom. The molecule has 1 aromatic rings. The average Bonchev–Trinajstić information content (AvgIpc) is 3.20. The van der Waals surface area contributed by atoms with Gasteiger partial charge in [0.05, 0.1) is 11.7 Å². The lowest BCUT2D eigenvalue weighted by molar-refractivity contribution is -0.137. The van der Waals surface area contributed by atoms with E-state index >= 15 is 0 Å². The lowest BCUT2D eigenvalue weighted by Gasteiger charge is -2.21. The Morgan fingerprint density at radius 1 is 1.38 bits per heavy atom. The number of aliphatic hydroxyl groups excluding tert-OH is 1. The van der Waals surface area contributed by atoms with E-state index in [0.29, 0.717) is 12.1 Å². The summed E-state index contributed by atoms with van der Waals surface area (Å²) in [7, 11) is 1.37. The third kappa shape index (κ3) is 3.93. The number of halogens is 4. The fourth-order valence-electron chi connectivity index (χ4n) is 2.09. The zero-order valence-electron chi connectivity index (χ0n) is 11.3. The Labute approximate surface area is 119 Å². The van der Waals surface area contributed by atoms with Gasteiger partial charge in [-0.1, -0.05) is 0 Å². The van der Waals surface area contributed by atoms with Crippen LogP contribution in [-0.4, -0.2) is 35.6 Å². The van der Waals surface area contributed by atoms with Crippen molar-refractivity contribution in [2.24, 2.45) is 5.92 Å². The molecule has 1 atom stereocenters. The topological polar surface area (TPSA) is 40.5 Å². The van der Waals surface area contributed by atoms with E-state index in [1.54, 1.807) is 0 Å². The third-order valence-corrected chi connectivity index (χ3v) is 3.45. The molecule has 0 radical (unpaired) electrons. The van der Waals surface area contributed by atoms with Gasteiger partial charge in [-0.05, 0) is 37.0 Å². The van der Waals surface area contributed by atoms with Crippen molar-refractivity contribution >= 4 is 5.91 Å². The second-order valence-corrected chi connectivity index (χ2v) is 5.32. The number of aliphatic hydroxyl groups is 1.